The van der Waals surface area contributed by atoms with Gasteiger partial charge in [-0.15, -0.1) is 0 Å². The van der Waals surface area contributed by atoms with Crippen molar-refractivity contribution in [1.29, 1.82) is 0 Å². The number of phenolic OH excluding ortho intramolecular Hbond substituents is 1. The van der Waals surface area contributed by atoms with Crippen LogP contribution in [0.15, 0.2) is 27.8 Å². The Morgan fingerprint density at radius 2 is 2.21 bits per heavy atom. The molecule has 0 saturated carbocycles. The van der Waals surface area contributed by atoms with Crippen LogP contribution < -0.4 is 5.73 Å². The van der Waals surface area contributed by atoms with Crippen LogP contribution in [0.4, 0.5) is 0 Å². The molecule has 0 bridgehead atoms. The standard InChI is InChI=1S/C12H16BrN3O3/c1-7(5-11(14)15-19)16(2)12(18)9-6-8(13)3-4-10(9)17/h3-4,6-7,17,19H,5H2,1-2H3,(H2,14,15). The van der Waals surface area contributed by atoms with E-state index >= 15 is 0 Å². The van der Waals surface area contributed by atoms with Gasteiger partial charge in [0, 0.05) is 24.0 Å². The first-order valence-corrected chi connectivity index (χ1v) is 6.38. The maximum absolute atomic E-state index is 12.2. The van der Waals surface area contributed by atoms with Crippen molar-refractivity contribution >= 4 is 27.7 Å². The maximum Gasteiger partial charge on any atom is 0.257 e. The highest BCUT2D eigenvalue weighted by Crippen LogP contribution is 2.23. The average Bonchev–Trinajstić information content (AvgIpc) is 2.39. The Labute approximate surface area is 119 Å². The smallest absolute Gasteiger partial charge is 0.257 e. The first-order chi connectivity index (χ1) is 8.86. The highest BCUT2D eigenvalue weighted by Gasteiger charge is 2.21. The van der Waals surface area contributed by atoms with E-state index in [0.717, 1.165) is 0 Å². The van der Waals surface area contributed by atoms with E-state index in [9.17, 15) is 9.90 Å². The van der Waals surface area contributed by atoms with Gasteiger partial charge in [-0.05, 0) is 25.1 Å². The van der Waals surface area contributed by atoms with Gasteiger partial charge in [-0.3, -0.25) is 4.79 Å². The molecule has 4 N–H and O–H groups in total. The number of aromatic hydroxyl groups is 1. The van der Waals surface area contributed by atoms with Gasteiger partial charge in [0.15, 0.2) is 0 Å². The molecule has 0 aliphatic heterocycles. The molecule has 0 radical (unpaired) electrons. The van der Waals surface area contributed by atoms with Crippen LogP contribution in [0.2, 0.25) is 0 Å². The number of amidine groups is 1. The van der Waals surface area contributed by atoms with Crippen LogP contribution in [0.25, 0.3) is 0 Å². The molecule has 6 nitrogen and oxygen atoms in total. The first kappa shape index (κ1) is 15.3. The van der Waals surface area contributed by atoms with Crippen molar-refractivity contribution in [2.45, 2.75) is 19.4 Å². The third kappa shape index (κ3) is 3.85. The molecule has 1 aromatic carbocycles. The van der Waals surface area contributed by atoms with E-state index in [1.54, 1.807) is 26.1 Å². The van der Waals surface area contributed by atoms with Gasteiger partial charge < -0.3 is 20.9 Å². The number of hydrogen-bond acceptors (Lipinski definition) is 4. The average molecular weight is 330 g/mol. The summed E-state index contributed by atoms with van der Waals surface area (Å²) in [6.45, 7) is 1.77. The second-order valence-electron chi connectivity index (χ2n) is 4.22. The van der Waals surface area contributed by atoms with Crippen molar-refractivity contribution in [3.05, 3.63) is 28.2 Å². The third-order valence-electron chi connectivity index (χ3n) is 2.80. The van der Waals surface area contributed by atoms with E-state index in [2.05, 4.69) is 21.1 Å². The summed E-state index contributed by atoms with van der Waals surface area (Å²) in [7, 11) is 1.60. The molecule has 19 heavy (non-hydrogen) atoms. The number of rotatable bonds is 4. The topological polar surface area (TPSA) is 99.2 Å². The van der Waals surface area contributed by atoms with Crippen LogP contribution in [-0.2, 0) is 0 Å². The number of phenols is 1. The summed E-state index contributed by atoms with van der Waals surface area (Å²) in [6, 6.07) is 4.37. The predicted molar refractivity (Wildman–Crippen MR) is 75.4 cm³/mol. The lowest BCUT2D eigenvalue weighted by atomic mass is 10.1. The van der Waals surface area contributed by atoms with Gasteiger partial charge in [-0.25, -0.2) is 0 Å². The number of halogens is 1. The lowest BCUT2D eigenvalue weighted by molar-refractivity contribution is 0.0744. The van der Waals surface area contributed by atoms with Crippen LogP contribution in [0, 0.1) is 0 Å². The number of nitrogens with zero attached hydrogens (tertiary/aromatic N) is 2. The van der Waals surface area contributed by atoms with Crippen molar-refractivity contribution in [3.8, 4) is 5.75 Å². The lowest BCUT2D eigenvalue weighted by Gasteiger charge is -2.25. The quantitative estimate of drug-likeness (QED) is 0.339. The Morgan fingerprint density at radius 1 is 1.58 bits per heavy atom. The molecule has 7 heteroatoms. The highest BCUT2D eigenvalue weighted by atomic mass is 79.9. The fourth-order valence-corrected chi connectivity index (χ4v) is 1.91. The molecule has 1 atom stereocenters. The van der Waals surface area contributed by atoms with Gasteiger partial charge in [0.1, 0.15) is 11.6 Å². The van der Waals surface area contributed by atoms with E-state index in [-0.39, 0.29) is 35.5 Å². The van der Waals surface area contributed by atoms with Gasteiger partial charge in [-0.2, -0.15) is 0 Å². The SMILES string of the molecule is CC(C/C(N)=N/O)N(C)C(=O)c1cc(Br)ccc1O. The van der Waals surface area contributed by atoms with Gasteiger partial charge >= 0.3 is 0 Å². The summed E-state index contributed by atoms with van der Waals surface area (Å²) in [5.74, 6) is -0.376. The van der Waals surface area contributed by atoms with Gasteiger partial charge in [0.05, 0.1) is 5.56 Å². The Kier molecular flexibility index (Phi) is 5.17. The fourth-order valence-electron chi connectivity index (χ4n) is 1.55. The number of hydrogen-bond donors (Lipinski definition) is 3. The molecular formula is C12H16BrN3O3. The minimum atomic E-state index is -0.336. The van der Waals surface area contributed by atoms with Crippen LogP contribution in [0.1, 0.15) is 23.7 Å². The molecule has 0 aliphatic carbocycles. The molecular weight excluding hydrogens is 314 g/mol. The first-order valence-electron chi connectivity index (χ1n) is 5.59. The summed E-state index contributed by atoms with van der Waals surface area (Å²) < 4.78 is 0.700. The molecule has 1 aromatic rings. The fraction of sp³-hybridized carbons (Fsp3) is 0.333. The number of nitrogens with two attached hydrogens (primary N) is 1. The zero-order valence-electron chi connectivity index (χ0n) is 10.7. The minimum Gasteiger partial charge on any atom is -0.507 e. The van der Waals surface area contributed by atoms with Crippen LogP contribution in [0.3, 0.4) is 0 Å². The van der Waals surface area contributed by atoms with Crippen LogP contribution in [0.5, 0.6) is 5.75 Å². The van der Waals surface area contributed by atoms with E-state index in [1.807, 2.05) is 0 Å². The summed E-state index contributed by atoms with van der Waals surface area (Å²) in [5, 5.41) is 21.1. The second kappa shape index (κ2) is 6.42. The molecule has 1 amide bonds. The number of benzene rings is 1. The third-order valence-corrected chi connectivity index (χ3v) is 3.30. The van der Waals surface area contributed by atoms with Crippen molar-refractivity contribution in [1.82, 2.24) is 4.90 Å². The summed E-state index contributed by atoms with van der Waals surface area (Å²) in [4.78, 5) is 13.7. The maximum atomic E-state index is 12.2. The van der Waals surface area contributed by atoms with Crippen molar-refractivity contribution in [2.75, 3.05) is 7.05 Å². The number of carbonyl (C=O) groups excluding carboxylic acids is 1. The minimum absolute atomic E-state index is 0.0469. The predicted octanol–water partition coefficient (Wildman–Crippen LogP) is 1.75. The lowest BCUT2D eigenvalue weighted by Crippen LogP contribution is -2.37. The molecule has 0 heterocycles. The molecule has 0 fully saturated rings. The molecule has 1 unspecified atom stereocenters. The van der Waals surface area contributed by atoms with E-state index in [4.69, 9.17) is 10.9 Å². The van der Waals surface area contributed by atoms with Crippen LogP contribution >= 0.6 is 15.9 Å². The molecule has 104 valence electrons. The number of oxime groups is 1. The second-order valence-corrected chi connectivity index (χ2v) is 5.14. The van der Waals surface area contributed by atoms with E-state index < -0.39 is 0 Å². The van der Waals surface area contributed by atoms with Gasteiger partial charge in [0.2, 0.25) is 0 Å². The normalized spacial score (nSPS) is 13.1. The summed E-state index contributed by atoms with van der Waals surface area (Å²) in [6.07, 6.45) is 0.244. The molecule has 0 aliphatic rings. The van der Waals surface area contributed by atoms with Crippen molar-refractivity contribution in [3.63, 3.8) is 0 Å². The van der Waals surface area contributed by atoms with E-state index in [0.29, 0.717) is 4.47 Å². The summed E-state index contributed by atoms with van der Waals surface area (Å²) >= 11 is 3.25. The molecule has 0 saturated heterocycles. The zero-order chi connectivity index (χ0) is 14.6. The monoisotopic (exact) mass is 329 g/mol. The molecule has 0 spiro atoms. The van der Waals surface area contributed by atoms with Gasteiger partial charge in [0.25, 0.3) is 5.91 Å². The number of carbonyl (C=O) groups is 1. The van der Waals surface area contributed by atoms with Crippen molar-refractivity contribution in [2.24, 2.45) is 10.9 Å². The Morgan fingerprint density at radius 3 is 2.79 bits per heavy atom. The Hall–Kier alpha value is -1.76. The van der Waals surface area contributed by atoms with Crippen LogP contribution in [-0.4, -0.2) is 40.0 Å². The van der Waals surface area contributed by atoms with Gasteiger partial charge in [-0.1, -0.05) is 21.1 Å². The molecule has 0 aromatic heterocycles. The highest BCUT2D eigenvalue weighted by molar-refractivity contribution is 9.10. The molecule has 1 rings (SSSR count). The zero-order valence-corrected chi connectivity index (χ0v) is 12.3. The Balaban J connectivity index is 2.90. The van der Waals surface area contributed by atoms with Crippen molar-refractivity contribution < 1.29 is 15.1 Å². The Bertz CT molecular complexity index is 505. The largest absolute Gasteiger partial charge is 0.507 e. The number of amides is 1. The summed E-state index contributed by atoms with van der Waals surface area (Å²) in [5.41, 5.74) is 5.61. The van der Waals surface area contributed by atoms with E-state index in [1.165, 1.54) is 11.0 Å².